The van der Waals surface area contributed by atoms with E-state index in [-0.39, 0.29) is 11.8 Å². The zero-order chi connectivity index (χ0) is 13.2. The maximum Gasteiger partial charge on any atom is 0.227 e. The van der Waals surface area contributed by atoms with Gasteiger partial charge >= 0.3 is 0 Å². The maximum atomic E-state index is 12.1. The third-order valence-electron chi connectivity index (χ3n) is 3.20. The lowest BCUT2D eigenvalue weighted by Gasteiger charge is -2.14. The Morgan fingerprint density at radius 1 is 1.33 bits per heavy atom. The Balaban J connectivity index is 2.37. The number of rotatable bonds is 8. The zero-order valence-electron chi connectivity index (χ0n) is 11.5. The molecule has 1 aromatic heterocycles. The number of aromatic nitrogens is 1. The summed E-state index contributed by atoms with van der Waals surface area (Å²) in [5.74, 6) is 0.254. The van der Waals surface area contributed by atoms with E-state index in [1.54, 1.807) is 12.4 Å². The molecule has 0 saturated carbocycles. The van der Waals surface area contributed by atoms with E-state index in [9.17, 15) is 4.79 Å². The largest absolute Gasteiger partial charge is 0.324 e. The van der Waals surface area contributed by atoms with Crippen LogP contribution in [0.1, 0.15) is 52.4 Å². The van der Waals surface area contributed by atoms with Crippen molar-refractivity contribution in [2.45, 2.75) is 52.4 Å². The Morgan fingerprint density at radius 3 is 2.78 bits per heavy atom. The van der Waals surface area contributed by atoms with Crippen LogP contribution in [0.4, 0.5) is 5.69 Å². The molecule has 0 aliphatic rings. The highest BCUT2D eigenvalue weighted by Crippen LogP contribution is 2.16. The van der Waals surface area contributed by atoms with Crippen LogP contribution in [0.25, 0.3) is 0 Å². The van der Waals surface area contributed by atoms with Crippen LogP contribution in [0, 0.1) is 5.92 Å². The molecule has 0 radical (unpaired) electrons. The molecule has 0 spiro atoms. The average Bonchev–Trinajstić information content (AvgIpc) is 2.40. The van der Waals surface area contributed by atoms with Crippen molar-refractivity contribution in [3.63, 3.8) is 0 Å². The van der Waals surface area contributed by atoms with Crippen LogP contribution < -0.4 is 5.32 Å². The Labute approximate surface area is 110 Å². The smallest absolute Gasteiger partial charge is 0.227 e. The van der Waals surface area contributed by atoms with Crippen LogP contribution in [-0.4, -0.2) is 10.9 Å². The lowest BCUT2D eigenvalue weighted by molar-refractivity contribution is -0.120. The first-order valence-corrected chi connectivity index (χ1v) is 6.98. The van der Waals surface area contributed by atoms with Crippen molar-refractivity contribution in [3.8, 4) is 0 Å². The van der Waals surface area contributed by atoms with Gasteiger partial charge in [0.15, 0.2) is 0 Å². The quantitative estimate of drug-likeness (QED) is 0.706. The second-order valence-electron chi connectivity index (χ2n) is 4.69. The Hall–Kier alpha value is -1.38. The summed E-state index contributed by atoms with van der Waals surface area (Å²) < 4.78 is 0. The Morgan fingerprint density at radius 2 is 2.17 bits per heavy atom. The molecule has 0 fully saturated rings. The molecule has 1 atom stereocenters. The van der Waals surface area contributed by atoms with Gasteiger partial charge in [-0.3, -0.25) is 9.78 Å². The summed E-state index contributed by atoms with van der Waals surface area (Å²) in [7, 11) is 0. The molecule has 1 aromatic rings. The number of anilines is 1. The van der Waals surface area contributed by atoms with E-state index in [2.05, 4.69) is 24.1 Å². The van der Waals surface area contributed by atoms with Crippen LogP contribution in [-0.2, 0) is 4.79 Å². The molecule has 1 unspecified atom stereocenters. The second-order valence-corrected chi connectivity index (χ2v) is 4.69. The number of hydrogen-bond donors (Lipinski definition) is 1. The Kier molecular flexibility index (Phi) is 7.07. The van der Waals surface area contributed by atoms with Gasteiger partial charge < -0.3 is 5.32 Å². The van der Waals surface area contributed by atoms with Crippen molar-refractivity contribution in [3.05, 3.63) is 24.5 Å². The molecule has 18 heavy (non-hydrogen) atoms. The van der Waals surface area contributed by atoms with E-state index in [1.807, 2.05) is 12.1 Å². The normalized spacial score (nSPS) is 12.1. The van der Waals surface area contributed by atoms with Crippen LogP contribution in [0.5, 0.6) is 0 Å². The fourth-order valence-electron chi connectivity index (χ4n) is 2.02. The summed E-state index contributed by atoms with van der Waals surface area (Å²) >= 11 is 0. The number of nitrogens with zero attached hydrogens (tertiary/aromatic N) is 1. The van der Waals surface area contributed by atoms with E-state index in [0.29, 0.717) is 0 Å². The molecule has 0 bridgehead atoms. The summed E-state index contributed by atoms with van der Waals surface area (Å²) in [4.78, 5) is 16.1. The van der Waals surface area contributed by atoms with Crippen molar-refractivity contribution in [1.82, 2.24) is 4.98 Å². The molecule has 1 N–H and O–H groups in total. The Bertz CT molecular complexity index is 338. The molecule has 3 nitrogen and oxygen atoms in total. The number of nitrogens with one attached hydrogen (secondary N) is 1. The monoisotopic (exact) mass is 248 g/mol. The van der Waals surface area contributed by atoms with Crippen molar-refractivity contribution in [2.75, 3.05) is 5.32 Å². The van der Waals surface area contributed by atoms with Gasteiger partial charge in [-0.1, -0.05) is 39.5 Å². The van der Waals surface area contributed by atoms with E-state index in [1.165, 1.54) is 19.3 Å². The number of unbranched alkanes of at least 4 members (excludes halogenated alkanes) is 3. The van der Waals surface area contributed by atoms with Gasteiger partial charge in [0, 0.05) is 12.1 Å². The van der Waals surface area contributed by atoms with Crippen LogP contribution in [0.3, 0.4) is 0 Å². The molecular weight excluding hydrogens is 224 g/mol. The summed E-state index contributed by atoms with van der Waals surface area (Å²) in [6.45, 7) is 4.28. The van der Waals surface area contributed by atoms with Crippen molar-refractivity contribution < 1.29 is 4.79 Å². The van der Waals surface area contributed by atoms with Gasteiger partial charge in [0.25, 0.3) is 0 Å². The molecular formula is C15H24N2O. The van der Waals surface area contributed by atoms with Crippen LogP contribution in [0.2, 0.25) is 0 Å². The molecule has 0 aromatic carbocycles. The molecule has 3 heteroatoms. The van der Waals surface area contributed by atoms with Gasteiger partial charge in [0.1, 0.15) is 0 Å². The van der Waals surface area contributed by atoms with E-state index in [0.717, 1.165) is 24.9 Å². The summed E-state index contributed by atoms with van der Waals surface area (Å²) in [5, 5.41) is 2.93. The molecule has 1 rings (SSSR count). The van der Waals surface area contributed by atoms with Gasteiger partial charge in [0.05, 0.1) is 11.9 Å². The standard InChI is InChI=1S/C15H24N2O/c1-3-5-6-7-9-13(4-2)15(18)17-14-10-8-11-16-12-14/h8,10-13H,3-7,9H2,1-2H3,(H,17,18). The predicted octanol–water partition coefficient (Wildman–Crippen LogP) is 4.02. The molecule has 100 valence electrons. The van der Waals surface area contributed by atoms with Gasteiger partial charge in [-0.25, -0.2) is 0 Å². The number of amides is 1. The van der Waals surface area contributed by atoms with E-state index in [4.69, 9.17) is 0 Å². The first kappa shape index (κ1) is 14.7. The SMILES string of the molecule is CCCCCCC(CC)C(=O)Nc1cccnc1. The van der Waals surface area contributed by atoms with Gasteiger partial charge in [0.2, 0.25) is 5.91 Å². The van der Waals surface area contributed by atoms with Crippen LogP contribution >= 0.6 is 0 Å². The fourth-order valence-corrected chi connectivity index (χ4v) is 2.02. The summed E-state index contributed by atoms with van der Waals surface area (Å²) in [5.41, 5.74) is 0.787. The number of carbonyl (C=O) groups excluding carboxylic acids is 1. The minimum absolute atomic E-state index is 0.127. The molecule has 1 amide bonds. The summed E-state index contributed by atoms with van der Waals surface area (Å²) in [6.07, 6.45) is 10.2. The first-order chi connectivity index (χ1) is 8.77. The maximum absolute atomic E-state index is 12.1. The number of pyridine rings is 1. The van der Waals surface area contributed by atoms with E-state index < -0.39 is 0 Å². The molecule has 0 aliphatic heterocycles. The lowest BCUT2D eigenvalue weighted by Crippen LogP contribution is -2.22. The lowest BCUT2D eigenvalue weighted by atomic mass is 9.97. The van der Waals surface area contributed by atoms with Gasteiger partial charge in [-0.05, 0) is 25.0 Å². The molecule has 1 heterocycles. The molecule has 0 saturated heterocycles. The molecule has 0 aliphatic carbocycles. The zero-order valence-corrected chi connectivity index (χ0v) is 11.5. The number of hydrogen-bond acceptors (Lipinski definition) is 2. The minimum atomic E-state index is 0.127. The highest BCUT2D eigenvalue weighted by Gasteiger charge is 2.15. The third kappa shape index (κ3) is 5.30. The highest BCUT2D eigenvalue weighted by molar-refractivity contribution is 5.92. The van der Waals surface area contributed by atoms with E-state index >= 15 is 0 Å². The third-order valence-corrected chi connectivity index (χ3v) is 3.20. The topological polar surface area (TPSA) is 42.0 Å². The fraction of sp³-hybridized carbons (Fsp3) is 0.600. The number of carbonyl (C=O) groups is 1. The average molecular weight is 248 g/mol. The van der Waals surface area contributed by atoms with Crippen molar-refractivity contribution >= 4 is 11.6 Å². The van der Waals surface area contributed by atoms with Crippen LogP contribution in [0.15, 0.2) is 24.5 Å². The highest BCUT2D eigenvalue weighted by atomic mass is 16.1. The van der Waals surface area contributed by atoms with Gasteiger partial charge in [-0.2, -0.15) is 0 Å². The predicted molar refractivity (Wildman–Crippen MR) is 75.4 cm³/mol. The summed E-state index contributed by atoms with van der Waals surface area (Å²) in [6, 6.07) is 3.70. The van der Waals surface area contributed by atoms with Crippen molar-refractivity contribution in [2.24, 2.45) is 5.92 Å². The van der Waals surface area contributed by atoms with Gasteiger partial charge in [-0.15, -0.1) is 0 Å². The first-order valence-electron chi connectivity index (χ1n) is 6.98. The van der Waals surface area contributed by atoms with Crippen molar-refractivity contribution in [1.29, 1.82) is 0 Å². The second kappa shape index (κ2) is 8.67. The minimum Gasteiger partial charge on any atom is -0.324 e.